The van der Waals surface area contributed by atoms with Crippen LogP contribution in [0.1, 0.15) is 158 Å². The van der Waals surface area contributed by atoms with Crippen LogP contribution in [0.15, 0.2) is 0 Å². The maximum atomic E-state index is 5.75. The van der Waals surface area contributed by atoms with Gasteiger partial charge in [0.25, 0.3) is 0 Å². The Labute approximate surface area is 337 Å². The molecule has 0 radical (unpaired) electrons. The van der Waals surface area contributed by atoms with Crippen molar-refractivity contribution in [2.45, 2.75) is 149 Å². The highest BCUT2D eigenvalue weighted by Crippen LogP contribution is 1.16. The van der Waals surface area contributed by atoms with Gasteiger partial charge < -0.3 is 80.3 Å². The van der Waals surface area contributed by atoms with Crippen molar-refractivity contribution in [1.82, 2.24) is 0 Å². The normalized spacial score (nSPS) is 3.57. The van der Waals surface area contributed by atoms with Gasteiger partial charge in [0, 0.05) is 9.60 Å². The van der Waals surface area contributed by atoms with Gasteiger partial charge in [0.15, 0.2) is 0 Å². The number of hydrogen-bond acceptors (Lipinski definition) is 14. The third kappa shape index (κ3) is 312000. The Morgan fingerprint density at radius 2 is 0.143 bits per heavy atom. The molecule has 0 aromatic carbocycles. The van der Waals surface area contributed by atoms with Gasteiger partial charge in [0.2, 0.25) is 0 Å². The molecule has 0 heterocycles. The fourth-order valence-corrected chi connectivity index (χ4v) is 0. The van der Waals surface area contributed by atoms with Crippen LogP contribution in [0.4, 0.5) is 0 Å². The topological polar surface area (TPSA) is 364 Å². The lowest BCUT2D eigenvalue weighted by Crippen LogP contribution is -1.69. The number of rotatable bonds is 0. The molecule has 0 aromatic heterocycles. The van der Waals surface area contributed by atoms with Crippen LogP contribution < -0.4 is 80.3 Å². The Morgan fingerprint density at radius 3 is 0.143 bits per heavy atom. The van der Waals surface area contributed by atoms with Crippen molar-refractivity contribution < 1.29 is 9.60 Å². The Bertz CT molecular complexity index is 72.7. The number of hydrogen-bond donors (Lipinski definition) is 14. The minimum absolute atomic E-state index is 1.25. The monoisotopic (exact) mass is 764 g/mol. The van der Waals surface area contributed by atoms with E-state index in [0.29, 0.717) is 0 Å². The van der Waals surface area contributed by atoms with Crippen LogP contribution >= 0.6 is 0 Å². The first-order chi connectivity index (χ1) is 28.0. The van der Waals surface area contributed by atoms with Crippen molar-refractivity contribution in [3.8, 4) is 0 Å². The second-order valence-electron chi connectivity index (χ2n) is 0. The molecule has 0 aliphatic rings. The van der Waals surface area contributed by atoms with E-state index >= 15 is 0 Å². The first-order valence-electron chi connectivity index (χ1n) is 22.1. The summed E-state index contributed by atoms with van der Waals surface area (Å²) in [5.41, 5.74) is 63.0. The van der Waals surface area contributed by atoms with Gasteiger partial charge in [0.05, 0.1) is 0 Å². The van der Waals surface area contributed by atoms with E-state index < -0.39 is 0 Å². The molecule has 0 aliphatic carbocycles. The molecule has 350 valence electrons. The lowest BCUT2D eigenvalue weighted by Gasteiger charge is -1.19. The van der Waals surface area contributed by atoms with E-state index in [2.05, 4.69) is 80.3 Å². The molecule has 49 heavy (non-hydrogen) atoms. The van der Waals surface area contributed by atoms with Gasteiger partial charge in [-0.15, -0.1) is 0 Å². The first-order valence-corrected chi connectivity index (χ1v) is 15.1. The Hall–Kier alpha value is -0.560. The summed E-state index contributed by atoms with van der Waals surface area (Å²) in [4.78, 5) is 0. The van der Waals surface area contributed by atoms with E-state index in [1.165, 1.54) is 150 Å². The van der Waals surface area contributed by atoms with Gasteiger partial charge in [-0.05, 0) is 98.7 Å². The summed E-state index contributed by atoms with van der Waals surface area (Å²) in [7, 11) is 29.8. The second kappa shape index (κ2) is 326000. The van der Waals surface area contributed by atoms with Gasteiger partial charge >= 0.3 is 0 Å². The van der Waals surface area contributed by atoms with Crippen molar-refractivity contribution in [2.75, 3.05) is 98.7 Å². The molecule has 0 rings (SSSR count). The van der Waals surface area contributed by atoms with Gasteiger partial charge in [-0.3, -0.25) is 0 Å². The Morgan fingerprint density at radius 1 is 0.143 bits per heavy atom. The summed E-state index contributed by atoms with van der Waals surface area (Å²) in [6.07, 6.45) is 0. The molecule has 0 bridgehead atoms. The average Bonchev–Trinajstić information content (AvgIpc) is 3.45. The van der Waals surface area contributed by atoms with Gasteiger partial charge in [0.1, 0.15) is 0 Å². The SMILES string of the molecule is CC.CC.CC.CC.CC.CC.CC.CN.CN.CN.CN.CN.CN.CN.CN.CN.CN.CN.CN.CN.CN.[2H]C.[2H]C.[2H]C.[2H]C.[2H]C.[2H]C.[2H]C. The zero-order valence-corrected chi connectivity index (χ0v) is 43.1. The molecule has 28 N–H and O–H groups in total. The van der Waals surface area contributed by atoms with E-state index in [4.69, 9.17) is 9.60 Å². The summed E-state index contributed by atoms with van der Waals surface area (Å²) >= 11 is 0. The van der Waals surface area contributed by atoms with Crippen molar-refractivity contribution in [1.29, 1.82) is 0 Å². The van der Waals surface area contributed by atoms with E-state index in [0.717, 1.165) is 0 Å². The van der Waals surface area contributed by atoms with Crippen LogP contribution in [0.2, 0.25) is 0 Å². The van der Waals surface area contributed by atoms with Crippen molar-refractivity contribution in [2.24, 2.45) is 80.3 Å². The Balaban J connectivity index is -0.00000000558. The molecule has 0 aromatic rings. The molecule has 14 nitrogen and oxygen atoms in total. The summed E-state index contributed by atoms with van der Waals surface area (Å²) in [5.74, 6) is 0. The van der Waals surface area contributed by atoms with Gasteiger partial charge in [-0.1, -0.05) is 149 Å². The smallest absolute Gasteiger partial charge is 0.0194 e. The predicted molar refractivity (Wildman–Crippen MR) is 268 cm³/mol. The van der Waals surface area contributed by atoms with Crippen LogP contribution in [0, 0.1) is 0 Å². The molecular weight excluding hydrogens is 616 g/mol. The second-order valence-corrected chi connectivity index (χ2v) is 0. The summed E-state index contributed by atoms with van der Waals surface area (Å²) in [5, 5.41) is 0. The fraction of sp³-hybridized carbons (Fsp3) is 1.00. The van der Waals surface area contributed by atoms with Gasteiger partial charge in [-0.2, -0.15) is 0 Å². The summed E-state index contributed by atoms with van der Waals surface area (Å²) < 4.78 is 40.2. The highest BCUT2D eigenvalue weighted by atomic mass is 14.4. The first kappa shape index (κ1) is 145. The fourth-order valence-electron chi connectivity index (χ4n) is 0. The minimum atomic E-state index is 1.25. The molecule has 0 saturated carbocycles. The maximum Gasteiger partial charge on any atom is 0.0194 e. The summed E-state index contributed by atoms with van der Waals surface area (Å²) in [6, 6.07) is 0. The van der Waals surface area contributed by atoms with Crippen molar-refractivity contribution in [3.63, 3.8) is 0 Å². The lowest BCUT2D eigenvalue weighted by atomic mass is 11.0. The lowest BCUT2D eigenvalue weighted by molar-refractivity contribution is 1.48. The molecule has 0 amide bonds. The van der Waals surface area contributed by atoms with Crippen LogP contribution in [0.5, 0.6) is 0 Å². The molecule has 14 heteroatoms. The van der Waals surface area contributed by atoms with Crippen LogP contribution in [-0.2, 0) is 0 Å². The van der Waals surface area contributed by atoms with E-state index in [9.17, 15) is 0 Å². The molecular formula is C35H140N14. The minimum Gasteiger partial charge on any atom is -0.333 e. The van der Waals surface area contributed by atoms with Gasteiger partial charge in [-0.25, -0.2) is 0 Å². The van der Waals surface area contributed by atoms with Crippen LogP contribution in [0.3, 0.4) is 0 Å². The zero-order valence-electron chi connectivity index (χ0n) is 50.1. The maximum absolute atomic E-state index is 5.75. The molecule has 0 saturated heterocycles. The average molecular weight is 765 g/mol. The van der Waals surface area contributed by atoms with E-state index in [1.54, 1.807) is 0 Å². The molecule has 0 aliphatic heterocycles. The quantitative estimate of drug-likeness (QED) is 0.141. The highest BCUT2D eigenvalue weighted by molar-refractivity contribution is 3.57. The summed E-state index contributed by atoms with van der Waals surface area (Å²) in [6.45, 7) is 28.0. The largest absolute Gasteiger partial charge is 0.333 e. The molecule has 0 spiro atoms. The Kier molecular flexibility index (Phi) is 964000. The van der Waals surface area contributed by atoms with Crippen molar-refractivity contribution in [3.05, 3.63) is 0 Å². The van der Waals surface area contributed by atoms with E-state index in [-0.39, 0.29) is 0 Å². The molecule has 0 unspecified atom stereocenters. The predicted octanol–water partition coefficient (Wildman–Crippen LogP) is 5.68. The zero-order chi connectivity index (χ0) is 56.0. The van der Waals surface area contributed by atoms with E-state index in [1.807, 2.05) is 96.9 Å². The third-order valence-electron chi connectivity index (χ3n) is 0. The molecule has 0 atom stereocenters. The molecule has 0 fully saturated rings. The van der Waals surface area contributed by atoms with Crippen molar-refractivity contribution >= 4 is 0 Å². The highest BCUT2D eigenvalue weighted by Gasteiger charge is 0.948. The third-order valence-corrected chi connectivity index (χ3v) is 0. The standard InChI is InChI=1S/7C2H6.14CH5N.7CH4/c21*1-2;;;;;;;/h7*1-2H3;14*2H2,1H3;7*1H4/i;;;;;;;;;;;;;;;;;;;;;7*1D. The van der Waals surface area contributed by atoms with Crippen LogP contribution in [-0.4, -0.2) is 98.7 Å². The van der Waals surface area contributed by atoms with Crippen LogP contribution in [0.25, 0.3) is 0 Å². The number of nitrogens with two attached hydrogens (primary N) is 14.